The lowest BCUT2D eigenvalue weighted by atomic mass is 10.0. The van der Waals surface area contributed by atoms with Gasteiger partial charge in [-0.25, -0.2) is 0 Å². The van der Waals surface area contributed by atoms with E-state index in [0.29, 0.717) is 0 Å². The minimum Gasteiger partial charge on any atom is -0.383 e. The molecule has 0 saturated heterocycles. The Labute approximate surface area is 104 Å². The van der Waals surface area contributed by atoms with Crippen molar-refractivity contribution in [3.8, 4) is 0 Å². The average Bonchev–Trinajstić information content (AvgIpc) is 2.91. The molecule has 1 heterocycles. The summed E-state index contributed by atoms with van der Waals surface area (Å²) in [6.07, 6.45) is -0.514. The van der Waals surface area contributed by atoms with Gasteiger partial charge in [-0.2, -0.15) is 0 Å². The second-order valence-electron chi connectivity index (χ2n) is 4.02. The molecule has 0 aliphatic heterocycles. The largest absolute Gasteiger partial charge is 0.383 e. The van der Waals surface area contributed by atoms with Gasteiger partial charge in [0.1, 0.15) is 6.10 Å². The molecule has 1 nitrogen and oxygen atoms in total. The van der Waals surface area contributed by atoms with Gasteiger partial charge < -0.3 is 5.11 Å². The van der Waals surface area contributed by atoms with Crippen LogP contribution in [0.2, 0.25) is 0 Å². The van der Waals surface area contributed by atoms with Crippen molar-refractivity contribution in [2.75, 3.05) is 0 Å². The Bertz CT molecular complexity index is 628. The van der Waals surface area contributed by atoms with E-state index >= 15 is 0 Å². The molecule has 0 fully saturated rings. The average molecular weight is 240 g/mol. The van der Waals surface area contributed by atoms with E-state index in [-0.39, 0.29) is 0 Å². The van der Waals surface area contributed by atoms with Crippen molar-refractivity contribution < 1.29 is 5.11 Å². The molecule has 0 aliphatic carbocycles. The zero-order valence-electron chi connectivity index (χ0n) is 9.21. The number of hydrogen-bond acceptors (Lipinski definition) is 2. The molecule has 2 aromatic carbocycles. The SMILES string of the molecule is OC(c1ccc2ccccc2c1)c1cccs1. The number of fused-ring (bicyclic) bond motifs is 1. The van der Waals surface area contributed by atoms with Gasteiger partial charge in [-0.15, -0.1) is 11.3 Å². The molecule has 0 bridgehead atoms. The van der Waals surface area contributed by atoms with Crippen LogP contribution in [0.25, 0.3) is 10.8 Å². The summed E-state index contributed by atoms with van der Waals surface area (Å²) in [4.78, 5) is 0.986. The monoisotopic (exact) mass is 240 g/mol. The molecule has 0 aliphatic rings. The predicted molar refractivity (Wildman–Crippen MR) is 72.3 cm³/mol. The fourth-order valence-corrected chi connectivity index (χ4v) is 2.73. The third-order valence-electron chi connectivity index (χ3n) is 2.90. The van der Waals surface area contributed by atoms with Gasteiger partial charge in [-0.1, -0.05) is 42.5 Å². The Morgan fingerprint density at radius 1 is 0.882 bits per heavy atom. The Hall–Kier alpha value is -1.64. The van der Waals surface area contributed by atoms with E-state index in [0.717, 1.165) is 10.4 Å². The van der Waals surface area contributed by atoms with Gasteiger partial charge in [-0.3, -0.25) is 0 Å². The van der Waals surface area contributed by atoms with Crippen molar-refractivity contribution in [3.05, 3.63) is 70.4 Å². The molecule has 1 N–H and O–H groups in total. The Balaban J connectivity index is 2.06. The molecule has 1 atom stereocenters. The lowest BCUT2D eigenvalue weighted by Gasteiger charge is -2.09. The highest BCUT2D eigenvalue weighted by atomic mass is 32.1. The first-order chi connectivity index (χ1) is 8.34. The van der Waals surface area contributed by atoms with Crippen molar-refractivity contribution in [3.63, 3.8) is 0 Å². The standard InChI is InChI=1S/C15H12OS/c16-15(14-6-3-9-17-14)13-8-7-11-4-1-2-5-12(11)10-13/h1-10,15-16H. The highest BCUT2D eigenvalue weighted by Gasteiger charge is 2.11. The van der Waals surface area contributed by atoms with Crippen LogP contribution in [0.3, 0.4) is 0 Å². The van der Waals surface area contributed by atoms with E-state index in [1.165, 1.54) is 10.8 Å². The van der Waals surface area contributed by atoms with E-state index < -0.39 is 6.10 Å². The molecular weight excluding hydrogens is 228 g/mol. The van der Waals surface area contributed by atoms with Crippen LogP contribution in [0.15, 0.2) is 60.0 Å². The maximum Gasteiger partial charge on any atom is 0.113 e. The topological polar surface area (TPSA) is 20.2 Å². The third-order valence-corrected chi connectivity index (χ3v) is 3.83. The van der Waals surface area contributed by atoms with Crippen LogP contribution in [-0.4, -0.2) is 5.11 Å². The summed E-state index contributed by atoms with van der Waals surface area (Å²) in [6.45, 7) is 0. The van der Waals surface area contributed by atoms with Gasteiger partial charge in [0.15, 0.2) is 0 Å². The number of rotatable bonds is 2. The second-order valence-corrected chi connectivity index (χ2v) is 5.00. The summed E-state index contributed by atoms with van der Waals surface area (Å²) >= 11 is 1.58. The predicted octanol–water partition coefficient (Wildman–Crippen LogP) is 3.98. The summed E-state index contributed by atoms with van der Waals surface area (Å²) in [7, 11) is 0. The van der Waals surface area contributed by atoms with Crippen molar-refractivity contribution in [2.24, 2.45) is 0 Å². The Kier molecular flexibility index (Phi) is 2.67. The van der Waals surface area contributed by atoms with Gasteiger partial charge in [-0.05, 0) is 33.8 Å². The molecule has 3 rings (SSSR count). The number of aliphatic hydroxyl groups excluding tert-OH is 1. The smallest absolute Gasteiger partial charge is 0.113 e. The highest BCUT2D eigenvalue weighted by molar-refractivity contribution is 7.10. The van der Waals surface area contributed by atoms with Crippen molar-refractivity contribution in [2.45, 2.75) is 6.10 Å². The summed E-state index contributed by atoms with van der Waals surface area (Å²) in [5, 5.41) is 14.6. The lowest BCUT2D eigenvalue weighted by Crippen LogP contribution is -1.96. The number of aliphatic hydroxyl groups is 1. The molecule has 0 amide bonds. The van der Waals surface area contributed by atoms with Gasteiger partial charge in [0, 0.05) is 4.88 Å². The van der Waals surface area contributed by atoms with E-state index in [4.69, 9.17) is 0 Å². The summed E-state index contributed by atoms with van der Waals surface area (Å²) in [5.41, 5.74) is 0.950. The van der Waals surface area contributed by atoms with Crippen LogP contribution >= 0.6 is 11.3 Å². The number of hydrogen-bond donors (Lipinski definition) is 1. The molecule has 1 unspecified atom stereocenters. The van der Waals surface area contributed by atoms with Gasteiger partial charge >= 0.3 is 0 Å². The fraction of sp³-hybridized carbons (Fsp3) is 0.0667. The summed E-state index contributed by atoms with van der Waals surface area (Å²) < 4.78 is 0. The minimum atomic E-state index is -0.514. The van der Waals surface area contributed by atoms with Crippen molar-refractivity contribution in [1.82, 2.24) is 0 Å². The van der Waals surface area contributed by atoms with Crippen LogP contribution in [0.4, 0.5) is 0 Å². The first kappa shape index (κ1) is 10.5. The van der Waals surface area contributed by atoms with Crippen LogP contribution < -0.4 is 0 Å². The van der Waals surface area contributed by atoms with Gasteiger partial charge in [0.2, 0.25) is 0 Å². The van der Waals surface area contributed by atoms with Crippen molar-refractivity contribution >= 4 is 22.1 Å². The third kappa shape index (κ3) is 1.97. The second kappa shape index (κ2) is 4.32. The molecule has 2 heteroatoms. The van der Waals surface area contributed by atoms with Crippen LogP contribution in [0, 0.1) is 0 Å². The van der Waals surface area contributed by atoms with Gasteiger partial charge in [0.05, 0.1) is 0 Å². The van der Waals surface area contributed by atoms with Crippen molar-refractivity contribution in [1.29, 1.82) is 0 Å². The first-order valence-corrected chi connectivity index (χ1v) is 6.43. The molecule has 1 aromatic heterocycles. The van der Waals surface area contributed by atoms with E-state index in [9.17, 15) is 5.11 Å². The molecule has 84 valence electrons. The fourth-order valence-electron chi connectivity index (χ4n) is 1.99. The number of thiophene rings is 1. The quantitative estimate of drug-likeness (QED) is 0.718. The lowest BCUT2D eigenvalue weighted by molar-refractivity contribution is 0.224. The summed E-state index contributed by atoms with van der Waals surface area (Å²) in [6, 6.07) is 18.2. The van der Waals surface area contributed by atoms with Crippen LogP contribution in [0.5, 0.6) is 0 Å². The normalized spacial score (nSPS) is 12.8. The molecule has 0 saturated carbocycles. The minimum absolute atomic E-state index is 0.514. The zero-order chi connectivity index (χ0) is 11.7. The zero-order valence-corrected chi connectivity index (χ0v) is 10.0. The maximum atomic E-state index is 10.3. The Morgan fingerprint density at radius 2 is 1.71 bits per heavy atom. The van der Waals surface area contributed by atoms with E-state index in [2.05, 4.69) is 24.3 Å². The number of benzene rings is 2. The van der Waals surface area contributed by atoms with Gasteiger partial charge in [0.25, 0.3) is 0 Å². The summed E-state index contributed by atoms with van der Waals surface area (Å²) in [5.74, 6) is 0. The molecule has 17 heavy (non-hydrogen) atoms. The van der Waals surface area contributed by atoms with E-state index in [1.807, 2.05) is 35.7 Å². The maximum absolute atomic E-state index is 10.3. The van der Waals surface area contributed by atoms with Crippen LogP contribution in [0.1, 0.15) is 16.5 Å². The molecule has 3 aromatic rings. The highest BCUT2D eigenvalue weighted by Crippen LogP contribution is 2.27. The van der Waals surface area contributed by atoms with E-state index in [1.54, 1.807) is 11.3 Å². The Morgan fingerprint density at radius 3 is 2.47 bits per heavy atom. The molecular formula is C15H12OS. The molecule has 0 spiro atoms. The van der Waals surface area contributed by atoms with Crippen LogP contribution in [-0.2, 0) is 0 Å². The molecule has 0 radical (unpaired) electrons. The first-order valence-electron chi connectivity index (χ1n) is 5.55.